The highest BCUT2D eigenvalue weighted by atomic mass is 16.5. The Morgan fingerprint density at radius 1 is 1.19 bits per heavy atom. The number of hydrogen-bond donors (Lipinski definition) is 1. The van der Waals surface area contributed by atoms with Gasteiger partial charge in [0.2, 0.25) is 0 Å². The van der Waals surface area contributed by atoms with Gasteiger partial charge in [0.1, 0.15) is 11.6 Å². The first-order valence-electron chi connectivity index (χ1n) is 8.74. The molecule has 1 heterocycles. The number of fused-ring (bicyclic) bond motifs is 1. The van der Waals surface area contributed by atoms with Crippen molar-refractivity contribution in [2.45, 2.75) is 25.7 Å². The molecule has 1 aliphatic carbocycles. The molecule has 0 spiro atoms. The maximum Gasteiger partial charge on any atom is 0.280 e. The molecule has 1 aromatic heterocycles. The second-order valence-electron chi connectivity index (χ2n) is 6.27. The Morgan fingerprint density at radius 2 is 1.92 bits per heavy atom. The first-order valence-corrected chi connectivity index (χ1v) is 8.74. The van der Waals surface area contributed by atoms with Gasteiger partial charge >= 0.3 is 0 Å². The third-order valence-electron chi connectivity index (χ3n) is 4.39. The third-order valence-corrected chi connectivity index (χ3v) is 4.39. The molecular formula is C20H19N3O3. The van der Waals surface area contributed by atoms with E-state index in [1.807, 2.05) is 19.1 Å². The molecule has 0 unspecified atom stereocenters. The number of para-hydroxylation sites is 2. The molecule has 1 fully saturated rings. The zero-order valence-corrected chi connectivity index (χ0v) is 14.4. The lowest BCUT2D eigenvalue weighted by molar-refractivity contribution is 0.100. The molecule has 0 aliphatic heterocycles. The summed E-state index contributed by atoms with van der Waals surface area (Å²) in [6.07, 6.45) is 1.94. The molecule has 6 heteroatoms. The molecule has 0 radical (unpaired) electrons. The van der Waals surface area contributed by atoms with E-state index in [4.69, 9.17) is 4.74 Å². The predicted molar refractivity (Wildman–Crippen MR) is 99.3 cm³/mol. The van der Waals surface area contributed by atoms with Crippen LogP contribution in [0.4, 0.5) is 0 Å². The molecule has 26 heavy (non-hydrogen) atoms. The highest BCUT2D eigenvalue weighted by molar-refractivity contribution is 6.02. The van der Waals surface area contributed by atoms with E-state index in [0.717, 1.165) is 12.8 Å². The first-order chi connectivity index (χ1) is 12.7. The fourth-order valence-corrected chi connectivity index (χ4v) is 2.97. The summed E-state index contributed by atoms with van der Waals surface area (Å²) >= 11 is 0. The predicted octanol–water partition coefficient (Wildman–Crippen LogP) is 3.06. The molecule has 3 aromatic rings. The number of carbonyl (C=O) groups excluding carboxylic acids is 1. The standard InChI is InChI=1S/C20H19N3O3/c1-2-26-17-10-6-4-8-15(17)19(24)22-23-18(13-11-12-13)21-16-9-5-3-7-14(16)20(23)25/h3-10,13H,2,11-12H2,1H3,(H,22,24). The van der Waals surface area contributed by atoms with Crippen molar-refractivity contribution in [3.05, 3.63) is 70.3 Å². The van der Waals surface area contributed by atoms with E-state index in [1.165, 1.54) is 4.68 Å². The van der Waals surface area contributed by atoms with Gasteiger partial charge in [0, 0.05) is 5.92 Å². The molecular weight excluding hydrogens is 330 g/mol. The van der Waals surface area contributed by atoms with E-state index in [2.05, 4.69) is 10.4 Å². The highest BCUT2D eigenvalue weighted by Gasteiger charge is 2.30. The average molecular weight is 349 g/mol. The van der Waals surface area contributed by atoms with Crippen molar-refractivity contribution in [3.8, 4) is 5.75 Å². The van der Waals surface area contributed by atoms with Crippen LogP contribution in [-0.4, -0.2) is 22.2 Å². The summed E-state index contributed by atoms with van der Waals surface area (Å²) in [5, 5.41) is 0.482. The summed E-state index contributed by atoms with van der Waals surface area (Å²) in [5.41, 5.74) is 3.50. The van der Waals surface area contributed by atoms with E-state index in [9.17, 15) is 9.59 Å². The monoisotopic (exact) mass is 349 g/mol. The van der Waals surface area contributed by atoms with Crippen LogP contribution >= 0.6 is 0 Å². The van der Waals surface area contributed by atoms with Crippen LogP contribution in [0.3, 0.4) is 0 Å². The summed E-state index contributed by atoms with van der Waals surface area (Å²) in [4.78, 5) is 30.4. The van der Waals surface area contributed by atoms with E-state index < -0.39 is 5.91 Å². The molecule has 1 aliphatic rings. The minimum atomic E-state index is -0.393. The van der Waals surface area contributed by atoms with Gasteiger partial charge in [-0.1, -0.05) is 24.3 Å². The summed E-state index contributed by atoms with van der Waals surface area (Å²) in [6, 6.07) is 14.2. The third kappa shape index (κ3) is 2.94. The van der Waals surface area contributed by atoms with Crippen LogP contribution in [0.1, 0.15) is 41.9 Å². The van der Waals surface area contributed by atoms with Gasteiger partial charge in [-0.15, -0.1) is 0 Å². The molecule has 0 saturated heterocycles. The number of rotatable bonds is 5. The van der Waals surface area contributed by atoms with Crippen LogP contribution < -0.4 is 15.7 Å². The Balaban J connectivity index is 1.78. The van der Waals surface area contributed by atoms with Crippen molar-refractivity contribution in [2.75, 3.05) is 12.0 Å². The zero-order chi connectivity index (χ0) is 18.1. The SMILES string of the molecule is CCOc1ccccc1C(=O)Nn1c(C2CC2)nc2ccccc2c1=O. The Kier molecular flexibility index (Phi) is 4.16. The van der Waals surface area contributed by atoms with Gasteiger partial charge < -0.3 is 4.74 Å². The normalized spacial score (nSPS) is 13.6. The molecule has 1 saturated carbocycles. The van der Waals surface area contributed by atoms with Gasteiger partial charge in [0.15, 0.2) is 0 Å². The van der Waals surface area contributed by atoms with Crippen molar-refractivity contribution in [1.82, 2.24) is 9.66 Å². The maximum atomic E-state index is 12.9. The lowest BCUT2D eigenvalue weighted by Crippen LogP contribution is -2.36. The first kappa shape index (κ1) is 16.3. The molecule has 0 atom stereocenters. The van der Waals surface area contributed by atoms with Crippen LogP contribution in [-0.2, 0) is 0 Å². The fraction of sp³-hybridized carbons (Fsp3) is 0.250. The molecule has 4 rings (SSSR count). The van der Waals surface area contributed by atoms with Crippen LogP contribution in [0.2, 0.25) is 0 Å². The number of aromatic nitrogens is 2. The highest BCUT2D eigenvalue weighted by Crippen LogP contribution is 2.38. The lowest BCUT2D eigenvalue weighted by Gasteiger charge is -2.15. The number of carbonyl (C=O) groups is 1. The summed E-state index contributed by atoms with van der Waals surface area (Å²) in [5.74, 6) is 0.906. The Labute approximate surface area is 150 Å². The Bertz CT molecular complexity index is 1040. The van der Waals surface area contributed by atoms with Gasteiger partial charge in [0.05, 0.1) is 23.1 Å². The summed E-state index contributed by atoms with van der Waals surface area (Å²) < 4.78 is 6.82. The number of nitrogens with zero attached hydrogens (tertiary/aromatic N) is 2. The largest absolute Gasteiger partial charge is 0.493 e. The number of benzene rings is 2. The quantitative estimate of drug-likeness (QED) is 0.768. The van der Waals surface area contributed by atoms with Crippen molar-refractivity contribution in [3.63, 3.8) is 0 Å². The topological polar surface area (TPSA) is 73.2 Å². The van der Waals surface area contributed by atoms with E-state index in [-0.39, 0.29) is 11.5 Å². The number of nitrogens with one attached hydrogen (secondary N) is 1. The smallest absolute Gasteiger partial charge is 0.280 e. The van der Waals surface area contributed by atoms with Crippen molar-refractivity contribution in [1.29, 1.82) is 0 Å². The van der Waals surface area contributed by atoms with Gasteiger partial charge in [-0.25, -0.2) is 9.66 Å². The van der Waals surface area contributed by atoms with Crippen molar-refractivity contribution in [2.24, 2.45) is 0 Å². The molecule has 1 amide bonds. The molecule has 2 aromatic carbocycles. The van der Waals surface area contributed by atoms with Crippen LogP contribution in [0.5, 0.6) is 5.75 Å². The van der Waals surface area contributed by atoms with Crippen molar-refractivity contribution < 1.29 is 9.53 Å². The Morgan fingerprint density at radius 3 is 2.69 bits per heavy atom. The fourth-order valence-electron chi connectivity index (χ4n) is 2.97. The number of ether oxygens (including phenoxy) is 1. The average Bonchev–Trinajstić information content (AvgIpc) is 3.49. The van der Waals surface area contributed by atoms with Crippen molar-refractivity contribution >= 4 is 16.8 Å². The number of hydrogen-bond acceptors (Lipinski definition) is 4. The summed E-state index contributed by atoms with van der Waals surface area (Å²) in [6.45, 7) is 2.31. The van der Waals surface area contributed by atoms with E-state index in [0.29, 0.717) is 34.6 Å². The maximum absolute atomic E-state index is 12.9. The molecule has 1 N–H and O–H groups in total. The Hall–Kier alpha value is -3.15. The van der Waals surface area contributed by atoms with E-state index >= 15 is 0 Å². The van der Waals surface area contributed by atoms with Gasteiger partial charge in [0.25, 0.3) is 11.5 Å². The van der Waals surface area contributed by atoms with Crippen LogP contribution in [0.15, 0.2) is 53.3 Å². The zero-order valence-electron chi connectivity index (χ0n) is 14.4. The van der Waals surface area contributed by atoms with Crippen LogP contribution in [0.25, 0.3) is 10.9 Å². The molecule has 132 valence electrons. The minimum Gasteiger partial charge on any atom is -0.493 e. The molecule has 6 nitrogen and oxygen atoms in total. The minimum absolute atomic E-state index is 0.203. The van der Waals surface area contributed by atoms with Gasteiger partial charge in [-0.05, 0) is 44.0 Å². The lowest BCUT2D eigenvalue weighted by atomic mass is 10.2. The second kappa shape index (κ2) is 6.63. The second-order valence-corrected chi connectivity index (χ2v) is 6.27. The van der Waals surface area contributed by atoms with Gasteiger partial charge in [-0.2, -0.15) is 0 Å². The molecule has 0 bridgehead atoms. The number of amides is 1. The van der Waals surface area contributed by atoms with E-state index in [1.54, 1.807) is 36.4 Å². The van der Waals surface area contributed by atoms with Crippen LogP contribution in [0, 0.1) is 0 Å². The summed E-state index contributed by atoms with van der Waals surface area (Å²) in [7, 11) is 0. The van der Waals surface area contributed by atoms with Gasteiger partial charge in [-0.3, -0.25) is 15.0 Å².